The van der Waals surface area contributed by atoms with Crippen molar-refractivity contribution in [1.29, 1.82) is 0 Å². The number of isocyanates is 1. The molecule has 1 heterocycles. The van der Waals surface area contributed by atoms with E-state index >= 15 is 0 Å². The molecular weight excluding hydrogens is 200 g/mol. The van der Waals surface area contributed by atoms with Gasteiger partial charge in [-0.15, -0.1) is 4.99 Å². The standard InChI is InChI=1S/C13H14N2O/c1-9(2)15-12-6-4-5-10(3)11(12)7-13(15)14-8-16/h4-7,9H,1-3H3. The third-order valence-electron chi connectivity index (χ3n) is 2.76. The highest BCUT2D eigenvalue weighted by atomic mass is 16.1. The molecule has 0 N–H and O–H groups in total. The number of hydrogen-bond donors (Lipinski definition) is 0. The second-order valence-corrected chi connectivity index (χ2v) is 4.18. The van der Waals surface area contributed by atoms with Crippen molar-refractivity contribution in [2.75, 3.05) is 0 Å². The maximum Gasteiger partial charge on any atom is 0.242 e. The highest BCUT2D eigenvalue weighted by Gasteiger charge is 2.11. The van der Waals surface area contributed by atoms with Gasteiger partial charge in [0.2, 0.25) is 6.08 Å². The third kappa shape index (κ3) is 1.55. The lowest BCUT2D eigenvalue weighted by atomic mass is 10.1. The highest BCUT2D eigenvalue weighted by molar-refractivity contribution is 5.87. The van der Waals surface area contributed by atoms with Gasteiger partial charge in [-0.3, -0.25) is 0 Å². The van der Waals surface area contributed by atoms with E-state index in [9.17, 15) is 4.79 Å². The van der Waals surface area contributed by atoms with Crippen LogP contribution >= 0.6 is 0 Å². The first kappa shape index (κ1) is 10.7. The molecule has 3 heteroatoms. The molecule has 16 heavy (non-hydrogen) atoms. The van der Waals surface area contributed by atoms with Crippen molar-refractivity contribution >= 4 is 22.8 Å². The van der Waals surface area contributed by atoms with Gasteiger partial charge in [-0.25, -0.2) is 4.79 Å². The molecule has 0 aliphatic rings. The van der Waals surface area contributed by atoms with Crippen molar-refractivity contribution in [2.45, 2.75) is 26.8 Å². The Balaban J connectivity index is 2.86. The Morgan fingerprint density at radius 1 is 1.38 bits per heavy atom. The van der Waals surface area contributed by atoms with Crippen LogP contribution in [0.3, 0.4) is 0 Å². The summed E-state index contributed by atoms with van der Waals surface area (Å²) in [6.07, 6.45) is 1.61. The Kier molecular flexibility index (Phi) is 2.63. The Labute approximate surface area is 94.4 Å². The normalized spacial score (nSPS) is 10.8. The third-order valence-corrected chi connectivity index (χ3v) is 2.76. The van der Waals surface area contributed by atoms with E-state index in [1.807, 2.05) is 22.8 Å². The van der Waals surface area contributed by atoms with Crippen LogP contribution in [-0.2, 0) is 4.79 Å². The van der Waals surface area contributed by atoms with Gasteiger partial charge in [0.05, 0.1) is 5.52 Å². The SMILES string of the molecule is Cc1cccc2c1cc(N=C=O)n2C(C)C. The van der Waals surface area contributed by atoms with Gasteiger partial charge < -0.3 is 4.57 Å². The van der Waals surface area contributed by atoms with Crippen LogP contribution in [0, 0.1) is 6.92 Å². The second kappa shape index (κ2) is 3.95. The van der Waals surface area contributed by atoms with Crippen LogP contribution in [0.15, 0.2) is 29.3 Å². The van der Waals surface area contributed by atoms with E-state index in [0.717, 1.165) is 10.9 Å². The molecule has 82 valence electrons. The van der Waals surface area contributed by atoms with Crippen molar-refractivity contribution in [2.24, 2.45) is 4.99 Å². The van der Waals surface area contributed by atoms with Crippen LogP contribution in [0.2, 0.25) is 0 Å². The monoisotopic (exact) mass is 214 g/mol. The Hall–Kier alpha value is -1.86. The molecular formula is C13H14N2O. The van der Waals surface area contributed by atoms with Gasteiger partial charge in [0.15, 0.2) is 0 Å². The van der Waals surface area contributed by atoms with Crippen LogP contribution in [0.4, 0.5) is 5.82 Å². The molecule has 0 radical (unpaired) electrons. The predicted molar refractivity (Wildman–Crippen MR) is 64.8 cm³/mol. The molecule has 0 saturated carbocycles. The predicted octanol–water partition coefficient (Wildman–Crippen LogP) is 3.50. The summed E-state index contributed by atoms with van der Waals surface area (Å²) >= 11 is 0. The molecule has 0 aliphatic heterocycles. The number of carbonyl (C=O) groups excluding carboxylic acids is 1. The summed E-state index contributed by atoms with van der Waals surface area (Å²) in [6, 6.07) is 8.33. The lowest BCUT2D eigenvalue weighted by Gasteiger charge is -2.11. The lowest BCUT2D eigenvalue weighted by molar-refractivity contribution is 0.564. The summed E-state index contributed by atoms with van der Waals surface area (Å²) in [5, 5.41) is 1.14. The zero-order valence-corrected chi connectivity index (χ0v) is 9.69. The molecule has 0 atom stereocenters. The summed E-state index contributed by atoms with van der Waals surface area (Å²) < 4.78 is 2.05. The largest absolute Gasteiger partial charge is 0.323 e. The zero-order valence-electron chi connectivity index (χ0n) is 9.69. The van der Waals surface area contributed by atoms with Crippen LogP contribution in [0.5, 0.6) is 0 Å². The van der Waals surface area contributed by atoms with E-state index in [0.29, 0.717) is 5.82 Å². The van der Waals surface area contributed by atoms with E-state index in [2.05, 4.69) is 31.8 Å². The quantitative estimate of drug-likeness (QED) is 0.556. The first-order chi connectivity index (χ1) is 7.65. The van der Waals surface area contributed by atoms with Crippen LogP contribution in [-0.4, -0.2) is 10.6 Å². The van der Waals surface area contributed by atoms with E-state index in [1.54, 1.807) is 6.08 Å². The zero-order chi connectivity index (χ0) is 11.7. The molecule has 0 saturated heterocycles. The Bertz CT molecular complexity index is 575. The van der Waals surface area contributed by atoms with Gasteiger partial charge in [0.25, 0.3) is 0 Å². The Morgan fingerprint density at radius 2 is 2.12 bits per heavy atom. The van der Waals surface area contributed by atoms with Crippen molar-refractivity contribution in [3.8, 4) is 0 Å². The van der Waals surface area contributed by atoms with Gasteiger partial charge in [-0.05, 0) is 38.5 Å². The molecule has 0 fully saturated rings. The summed E-state index contributed by atoms with van der Waals surface area (Å²) in [4.78, 5) is 14.2. The molecule has 1 aromatic carbocycles. The van der Waals surface area contributed by atoms with Crippen molar-refractivity contribution in [3.63, 3.8) is 0 Å². The molecule has 3 nitrogen and oxygen atoms in total. The fraction of sp³-hybridized carbons (Fsp3) is 0.308. The molecule has 1 aromatic heterocycles. The maximum absolute atomic E-state index is 10.4. The molecule has 0 bridgehead atoms. The smallest absolute Gasteiger partial charge is 0.242 e. The van der Waals surface area contributed by atoms with E-state index in [-0.39, 0.29) is 6.04 Å². The van der Waals surface area contributed by atoms with Crippen LogP contribution in [0.1, 0.15) is 25.5 Å². The summed E-state index contributed by atoms with van der Waals surface area (Å²) in [5.74, 6) is 0.675. The minimum Gasteiger partial charge on any atom is -0.323 e. The van der Waals surface area contributed by atoms with Crippen LogP contribution < -0.4 is 0 Å². The molecule has 2 rings (SSSR count). The molecule has 0 spiro atoms. The highest BCUT2D eigenvalue weighted by Crippen LogP contribution is 2.31. The number of aliphatic imine (C=N–C) groups is 1. The van der Waals surface area contributed by atoms with Crippen LogP contribution in [0.25, 0.3) is 10.9 Å². The number of hydrogen-bond acceptors (Lipinski definition) is 2. The number of aryl methyl sites for hydroxylation is 1. The average Bonchev–Trinajstić information content (AvgIpc) is 2.58. The van der Waals surface area contributed by atoms with Crippen molar-refractivity contribution < 1.29 is 4.79 Å². The average molecular weight is 214 g/mol. The van der Waals surface area contributed by atoms with Gasteiger partial charge in [-0.2, -0.15) is 0 Å². The topological polar surface area (TPSA) is 34.4 Å². The molecule has 0 amide bonds. The Morgan fingerprint density at radius 3 is 2.75 bits per heavy atom. The van der Waals surface area contributed by atoms with Crippen molar-refractivity contribution in [3.05, 3.63) is 29.8 Å². The summed E-state index contributed by atoms with van der Waals surface area (Å²) in [7, 11) is 0. The number of fused-ring (bicyclic) bond motifs is 1. The van der Waals surface area contributed by atoms with Crippen molar-refractivity contribution in [1.82, 2.24) is 4.57 Å². The molecule has 0 unspecified atom stereocenters. The number of benzene rings is 1. The minimum atomic E-state index is 0.270. The van der Waals surface area contributed by atoms with E-state index in [1.165, 1.54) is 5.56 Å². The molecule has 0 aliphatic carbocycles. The maximum atomic E-state index is 10.4. The van der Waals surface area contributed by atoms with E-state index in [4.69, 9.17) is 0 Å². The first-order valence-corrected chi connectivity index (χ1v) is 5.33. The van der Waals surface area contributed by atoms with E-state index < -0.39 is 0 Å². The summed E-state index contributed by atoms with van der Waals surface area (Å²) in [6.45, 7) is 6.21. The summed E-state index contributed by atoms with van der Waals surface area (Å²) in [5.41, 5.74) is 2.31. The fourth-order valence-corrected chi connectivity index (χ4v) is 2.06. The van der Waals surface area contributed by atoms with Gasteiger partial charge in [-0.1, -0.05) is 12.1 Å². The minimum absolute atomic E-state index is 0.270. The first-order valence-electron chi connectivity index (χ1n) is 5.33. The van der Waals surface area contributed by atoms with Gasteiger partial charge in [0.1, 0.15) is 5.82 Å². The number of rotatable bonds is 2. The van der Waals surface area contributed by atoms with Gasteiger partial charge >= 0.3 is 0 Å². The lowest BCUT2D eigenvalue weighted by Crippen LogP contribution is -1.99. The number of aromatic nitrogens is 1. The fourth-order valence-electron chi connectivity index (χ4n) is 2.06. The number of nitrogens with zero attached hydrogens (tertiary/aromatic N) is 2. The molecule has 2 aromatic rings. The van der Waals surface area contributed by atoms with Gasteiger partial charge in [0, 0.05) is 11.4 Å². The second-order valence-electron chi connectivity index (χ2n) is 4.18.